The highest BCUT2D eigenvalue weighted by molar-refractivity contribution is 7.89. The normalized spacial score (nSPS) is 13.2. The van der Waals surface area contributed by atoms with E-state index in [0.717, 1.165) is 18.2 Å². The van der Waals surface area contributed by atoms with Crippen molar-refractivity contribution in [1.29, 1.82) is 0 Å². The van der Waals surface area contributed by atoms with E-state index in [1.165, 1.54) is 6.07 Å². The van der Waals surface area contributed by atoms with E-state index in [9.17, 15) is 26.4 Å². The number of aliphatic carboxylic acids is 1. The number of hydrogen-bond acceptors (Lipinski definition) is 3. The van der Waals surface area contributed by atoms with E-state index in [0.29, 0.717) is 31.2 Å². The van der Waals surface area contributed by atoms with Crippen molar-refractivity contribution in [2.45, 2.75) is 49.2 Å². The molecule has 1 atom stereocenters. The molecule has 0 aliphatic carbocycles. The predicted octanol–water partition coefficient (Wildman–Crippen LogP) is 4.76. The smallest absolute Gasteiger partial charge is 0.417 e. The van der Waals surface area contributed by atoms with E-state index in [4.69, 9.17) is 5.11 Å². The van der Waals surface area contributed by atoms with Gasteiger partial charge in [-0.15, -0.1) is 0 Å². The molecule has 0 radical (unpaired) electrons. The van der Waals surface area contributed by atoms with Gasteiger partial charge in [0.25, 0.3) is 0 Å². The summed E-state index contributed by atoms with van der Waals surface area (Å²) in [5, 5.41) is 8.69. The van der Waals surface area contributed by atoms with Crippen LogP contribution in [0.3, 0.4) is 0 Å². The summed E-state index contributed by atoms with van der Waals surface area (Å²) < 4.78 is 67.7. The van der Waals surface area contributed by atoms with Crippen LogP contribution in [-0.4, -0.2) is 19.5 Å². The van der Waals surface area contributed by atoms with Crippen LogP contribution in [0.25, 0.3) is 0 Å². The first-order valence-corrected chi connectivity index (χ1v) is 10.5. The Morgan fingerprint density at radius 3 is 2.21 bits per heavy atom. The molecule has 2 rings (SSSR count). The Balaban J connectivity index is 2.23. The van der Waals surface area contributed by atoms with Crippen LogP contribution in [0.5, 0.6) is 0 Å². The van der Waals surface area contributed by atoms with E-state index in [1.54, 1.807) is 30.3 Å². The van der Waals surface area contributed by atoms with E-state index < -0.39 is 38.7 Å². The van der Waals surface area contributed by atoms with Crippen LogP contribution in [-0.2, 0) is 21.0 Å². The van der Waals surface area contributed by atoms with Gasteiger partial charge in [0, 0.05) is 12.5 Å². The Morgan fingerprint density at radius 2 is 1.59 bits per heavy atom. The van der Waals surface area contributed by atoms with E-state index in [2.05, 4.69) is 4.72 Å². The number of unbranched alkanes of at least 4 members (excludes halogenated alkanes) is 2. The first-order chi connectivity index (χ1) is 13.6. The molecule has 0 aromatic heterocycles. The third-order valence-electron chi connectivity index (χ3n) is 4.36. The largest absolute Gasteiger partial charge is 0.481 e. The Labute approximate surface area is 167 Å². The lowest BCUT2D eigenvalue weighted by Gasteiger charge is -2.21. The summed E-state index contributed by atoms with van der Waals surface area (Å²) in [6.07, 6.45) is -2.92. The molecule has 0 fully saturated rings. The van der Waals surface area contributed by atoms with Crippen molar-refractivity contribution in [1.82, 2.24) is 4.72 Å². The quantitative estimate of drug-likeness (QED) is 0.534. The molecule has 0 heterocycles. The molecule has 0 amide bonds. The summed E-state index contributed by atoms with van der Waals surface area (Å²) >= 11 is 0. The van der Waals surface area contributed by atoms with E-state index >= 15 is 0 Å². The maximum atomic E-state index is 13.3. The van der Waals surface area contributed by atoms with Crippen molar-refractivity contribution in [3.05, 3.63) is 65.7 Å². The number of sulfonamides is 1. The highest BCUT2D eigenvalue weighted by atomic mass is 32.2. The van der Waals surface area contributed by atoms with Gasteiger partial charge in [-0.25, -0.2) is 13.1 Å². The number of carbonyl (C=O) groups is 1. The fraction of sp³-hybridized carbons (Fsp3) is 0.350. The lowest BCUT2D eigenvalue weighted by Crippen LogP contribution is -2.30. The molecule has 2 aromatic carbocycles. The summed E-state index contributed by atoms with van der Waals surface area (Å²) in [5.74, 6) is -0.908. The summed E-state index contributed by atoms with van der Waals surface area (Å²) in [7, 11) is -4.44. The molecule has 0 spiro atoms. The number of halogens is 3. The number of rotatable bonds is 10. The van der Waals surface area contributed by atoms with Gasteiger partial charge in [-0.3, -0.25) is 4.79 Å². The van der Waals surface area contributed by atoms with Crippen molar-refractivity contribution >= 4 is 16.0 Å². The van der Waals surface area contributed by atoms with Crippen molar-refractivity contribution in [2.24, 2.45) is 0 Å². The second kappa shape index (κ2) is 9.89. The fourth-order valence-electron chi connectivity index (χ4n) is 2.97. The molecule has 0 bridgehead atoms. The average Bonchev–Trinajstić information content (AvgIpc) is 2.66. The van der Waals surface area contributed by atoms with Gasteiger partial charge < -0.3 is 5.11 Å². The number of alkyl halides is 3. The van der Waals surface area contributed by atoms with Crippen LogP contribution in [0.4, 0.5) is 13.2 Å². The van der Waals surface area contributed by atoms with Crippen LogP contribution >= 0.6 is 0 Å². The summed E-state index contributed by atoms with van der Waals surface area (Å²) in [6, 6.07) is 11.9. The minimum Gasteiger partial charge on any atom is -0.481 e. The Kier molecular flexibility index (Phi) is 7.80. The highest BCUT2D eigenvalue weighted by Crippen LogP contribution is 2.34. The van der Waals surface area contributed by atoms with Gasteiger partial charge in [0.2, 0.25) is 10.0 Å². The molecule has 0 aliphatic heterocycles. The molecule has 9 heteroatoms. The zero-order chi connectivity index (χ0) is 21.5. The first-order valence-electron chi connectivity index (χ1n) is 9.06. The topological polar surface area (TPSA) is 83.5 Å². The van der Waals surface area contributed by atoms with Gasteiger partial charge in [0.05, 0.1) is 10.5 Å². The van der Waals surface area contributed by atoms with Gasteiger partial charge in [-0.05, 0) is 30.5 Å². The van der Waals surface area contributed by atoms with Crippen molar-refractivity contribution in [3.8, 4) is 0 Å². The average molecular weight is 429 g/mol. The lowest BCUT2D eigenvalue weighted by atomic mass is 10.0. The molecule has 29 heavy (non-hydrogen) atoms. The molecular weight excluding hydrogens is 407 g/mol. The maximum absolute atomic E-state index is 13.3. The van der Waals surface area contributed by atoms with Gasteiger partial charge in [0.1, 0.15) is 0 Å². The van der Waals surface area contributed by atoms with E-state index in [-0.39, 0.29) is 6.42 Å². The Morgan fingerprint density at radius 1 is 0.966 bits per heavy atom. The zero-order valence-electron chi connectivity index (χ0n) is 15.5. The van der Waals surface area contributed by atoms with Crippen LogP contribution in [0.15, 0.2) is 59.5 Å². The SMILES string of the molecule is O=C(O)CCCCCC(NS(=O)(=O)c1ccccc1C(F)(F)F)c1ccccc1. The molecular formula is C20H22F3NO4S. The number of benzene rings is 2. The molecule has 0 saturated heterocycles. The highest BCUT2D eigenvalue weighted by Gasteiger charge is 2.37. The lowest BCUT2D eigenvalue weighted by molar-refractivity contribution is -0.140. The van der Waals surface area contributed by atoms with Crippen molar-refractivity contribution in [2.75, 3.05) is 0 Å². The molecule has 5 nitrogen and oxygen atoms in total. The number of hydrogen-bond donors (Lipinski definition) is 2. The molecule has 2 aromatic rings. The van der Waals surface area contributed by atoms with Gasteiger partial charge in [0.15, 0.2) is 0 Å². The number of carboxylic acid groups (broad SMARTS) is 1. The second-order valence-corrected chi connectivity index (χ2v) is 8.25. The Hall–Kier alpha value is -2.39. The molecule has 1 unspecified atom stereocenters. The second-order valence-electron chi connectivity index (χ2n) is 6.57. The van der Waals surface area contributed by atoms with Gasteiger partial charge in [-0.1, -0.05) is 55.3 Å². The van der Waals surface area contributed by atoms with Gasteiger partial charge in [-0.2, -0.15) is 13.2 Å². The number of carboxylic acids is 1. The summed E-state index contributed by atoms with van der Waals surface area (Å²) in [4.78, 5) is 9.77. The maximum Gasteiger partial charge on any atom is 0.417 e. The van der Waals surface area contributed by atoms with Crippen LogP contribution in [0, 0.1) is 0 Å². The van der Waals surface area contributed by atoms with Crippen LogP contribution in [0.2, 0.25) is 0 Å². The van der Waals surface area contributed by atoms with Gasteiger partial charge >= 0.3 is 12.1 Å². The number of nitrogens with one attached hydrogen (secondary N) is 1. The minimum atomic E-state index is -4.80. The fourth-order valence-corrected chi connectivity index (χ4v) is 4.45. The summed E-state index contributed by atoms with van der Waals surface area (Å²) in [5.41, 5.74) is -0.598. The monoisotopic (exact) mass is 429 g/mol. The third-order valence-corrected chi connectivity index (χ3v) is 5.89. The molecule has 158 valence electrons. The standard InChI is InChI=1S/C20H22F3NO4S/c21-20(22,23)16-11-7-8-13-18(16)29(27,28)24-17(15-9-3-1-4-10-15)12-5-2-6-14-19(25)26/h1,3-4,7-11,13,17,24H,2,5-6,12,14H2,(H,25,26). The molecule has 2 N–H and O–H groups in total. The minimum absolute atomic E-state index is 0.0146. The zero-order valence-corrected chi connectivity index (χ0v) is 16.3. The van der Waals surface area contributed by atoms with Crippen LogP contribution in [0.1, 0.15) is 49.3 Å². The first kappa shape index (κ1) is 22.9. The van der Waals surface area contributed by atoms with Crippen molar-refractivity contribution in [3.63, 3.8) is 0 Å². The van der Waals surface area contributed by atoms with E-state index in [1.807, 2.05) is 0 Å². The van der Waals surface area contributed by atoms with Crippen LogP contribution < -0.4 is 4.72 Å². The molecule has 0 saturated carbocycles. The third kappa shape index (κ3) is 6.86. The predicted molar refractivity (Wildman–Crippen MR) is 102 cm³/mol. The Bertz CT molecular complexity index is 915. The summed E-state index contributed by atoms with van der Waals surface area (Å²) in [6.45, 7) is 0. The van der Waals surface area contributed by atoms with Crippen molar-refractivity contribution < 1.29 is 31.5 Å². The molecule has 0 aliphatic rings.